The molecule has 0 saturated heterocycles. The van der Waals surface area contributed by atoms with Gasteiger partial charge in [-0.3, -0.25) is 4.79 Å². The standard InChI is InChI=1S/C15H11FN2O2/c1-10-2-5-15(14(8-19)18-10)20-9-12-4-3-11(7-17)6-13(12)16/h2-6,8H,9H2,1H3. The van der Waals surface area contributed by atoms with Gasteiger partial charge in [0, 0.05) is 11.3 Å². The first-order valence-electron chi connectivity index (χ1n) is 5.88. The zero-order valence-corrected chi connectivity index (χ0v) is 10.8. The molecule has 0 aliphatic carbocycles. The summed E-state index contributed by atoms with van der Waals surface area (Å²) in [6.45, 7) is 1.72. The van der Waals surface area contributed by atoms with Gasteiger partial charge in [0.2, 0.25) is 0 Å². The van der Waals surface area contributed by atoms with E-state index in [1.165, 1.54) is 12.1 Å². The van der Waals surface area contributed by atoms with E-state index in [4.69, 9.17) is 10.00 Å². The van der Waals surface area contributed by atoms with Crippen LogP contribution < -0.4 is 4.74 Å². The molecule has 0 saturated carbocycles. The van der Waals surface area contributed by atoms with Gasteiger partial charge in [-0.15, -0.1) is 0 Å². The van der Waals surface area contributed by atoms with Crippen LogP contribution in [0.15, 0.2) is 30.3 Å². The maximum atomic E-state index is 13.7. The van der Waals surface area contributed by atoms with Gasteiger partial charge in [0.1, 0.15) is 23.9 Å². The van der Waals surface area contributed by atoms with Crippen molar-refractivity contribution in [3.05, 3.63) is 58.7 Å². The van der Waals surface area contributed by atoms with E-state index in [0.717, 1.165) is 6.07 Å². The third-order valence-corrected chi connectivity index (χ3v) is 2.70. The second-order valence-electron chi connectivity index (χ2n) is 4.16. The fraction of sp³-hybridized carbons (Fsp3) is 0.133. The molecule has 1 heterocycles. The van der Waals surface area contributed by atoms with E-state index >= 15 is 0 Å². The van der Waals surface area contributed by atoms with Crippen LogP contribution in [0.4, 0.5) is 4.39 Å². The summed E-state index contributed by atoms with van der Waals surface area (Å²) in [6.07, 6.45) is 0.595. The smallest absolute Gasteiger partial charge is 0.172 e. The van der Waals surface area contributed by atoms with Crippen LogP contribution in [0.3, 0.4) is 0 Å². The lowest BCUT2D eigenvalue weighted by Crippen LogP contribution is -2.02. The van der Waals surface area contributed by atoms with Gasteiger partial charge in [-0.2, -0.15) is 5.26 Å². The van der Waals surface area contributed by atoms with Crippen molar-refractivity contribution in [3.63, 3.8) is 0 Å². The van der Waals surface area contributed by atoms with Crippen LogP contribution in [0, 0.1) is 24.1 Å². The van der Waals surface area contributed by atoms with E-state index in [2.05, 4.69) is 4.98 Å². The van der Waals surface area contributed by atoms with Crippen molar-refractivity contribution in [3.8, 4) is 11.8 Å². The first-order chi connectivity index (χ1) is 9.63. The Morgan fingerprint density at radius 1 is 1.40 bits per heavy atom. The minimum absolute atomic E-state index is 0.0386. The summed E-state index contributed by atoms with van der Waals surface area (Å²) >= 11 is 0. The van der Waals surface area contributed by atoms with E-state index in [9.17, 15) is 9.18 Å². The van der Waals surface area contributed by atoms with Crippen LogP contribution in [0.5, 0.6) is 5.75 Å². The van der Waals surface area contributed by atoms with Gasteiger partial charge in [-0.05, 0) is 31.2 Å². The third-order valence-electron chi connectivity index (χ3n) is 2.70. The first kappa shape index (κ1) is 13.7. The number of carbonyl (C=O) groups is 1. The first-order valence-corrected chi connectivity index (χ1v) is 5.88. The predicted octanol–water partition coefficient (Wildman–Crippen LogP) is 2.79. The molecule has 4 nitrogen and oxygen atoms in total. The van der Waals surface area contributed by atoms with Crippen LogP contribution in [-0.2, 0) is 6.61 Å². The van der Waals surface area contributed by atoms with Gasteiger partial charge in [0.05, 0.1) is 11.6 Å². The number of benzene rings is 1. The molecule has 0 spiro atoms. The van der Waals surface area contributed by atoms with Gasteiger partial charge in [-0.1, -0.05) is 6.07 Å². The van der Waals surface area contributed by atoms with Gasteiger partial charge in [-0.25, -0.2) is 9.37 Å². The Bertz CT molecular complexity index is 693. The highest BCUT2D eigenvalue weighted by Crippen LogP contribution is 2.18. The SMILES string of the molecule is Cc1ccc(OCc2ccc(C#N)cc2F)c(C=O)n1. The molecule has 0 N–H and O–H groups in total. The predicted molar refractivity (Wildman–Crippen MR) is 69.8 cm³/mol. The minimum atomic E-state index is -0.517. The molecule has 1 aromatic heterocycles. The molecule has 100 valence electrons. The number of nitriles is 1. The lowest BCUT2D eigenvalue weighted by atomic mass is 10.1. The number of aryl methyl sites for hydroxylation is 1. The molecule has 2 rings (SSSR count). The van der Waals surface area contributed by atoms with Crippen LogP contribution in [-0.4, -0.2) is 11.3 Å². The summed E-state index contributed by atoms with van der Waals surface area (Å²) in [7, 11) is 0. The summed E-state index contributed by atoms with van der Waals surface area (Å²) < 4.78 is 19.1. The molecular weight excluding hydrogens is 259 g/mol. The number of hydrogen-bond donors (Lipinski definition) is 0. The van der Waals surface area contributed by atoms with Gasteiger partial charge >= 0.3 is 0 Å². The maximum absolute atomic E-state index is 13.7. The Hall–Kier alpha value is -2.74. The highest BCUT2D eigenvalue weighted by atomic mass is 19.1. The highest BCUT2D eigenvalue weighted by Gasteiger charge is 2.08. The number of aromatic nitrogens is 1. The molecule has 0 aliphatic rings. The number of hydrogen-bond acceptors (Lipinski definition) is 4. The lowest BCUT2D eigenvalue weighted by Gasteiger charge is -2.09. The van der Waals surface area contributed by atoms with Crippen LogP contribution >= 0.6 is 0 Å². The van der Waals surface area contributed by atoms with E-state index in [0.29, 0.717) is 23.3 Å². The summed E-state index contributed by atoms with van der Waals surface area (Å²) in [5, 5.41) is 8.66. The number of ether oxygens (including phenoxy) is 1. The number of halogens is 1. The Morgan fingerprint density at radius 2 is 2.20 bits per heavy atom. The largest absolute Gasteiger partial charge is 0.486 e. The minimum Gasteiger partial charge on any atom is -0.486 e. The molecule has 2 aromatic rings. The van der Waals surface area contributed by atoms with Crippen molar-refractivity contribution in [2.45, 2.75) is 13.5 Å². The number of rotatable bonds is 4. The van der Waals surface area contributed by atoms with Crippen molar-refractivity contribution < 1.29 is 13.9 Å². The van der Waals surface area contributed by atoms with Crippen molar-refractivity contribution >= 4 is 6.29 Å². The topological polar surface area (TPSA) is 63.0 Å². The van der Waals surface area contributed by atoms with Crippen LogP contribution in [0.1, 0.15) is 27.3 Å². The molecule has 0 bridgehead atoms. The van der Waals surface area contributed by atoms with Crippen LogP contribution in [0.25, 0.3) is 0 Å². The molecule has 0 unspecified atom stereocenters. The Morgan fingerprint density at radius 3 is 2.85 bits per heavy atom. The molecule has 0 aliphatic heterocycles. The maximum Gasteiger partial charge on any atom is 0.172 e. The molecule has 1 aromatic carbocycles. The van der Waals surface area contributed by atoms with Gasteiger partial charge in [0.15, 0.2) is 6.29 Å². The monoisotopic (exact) mass is 270 g/mol. The highest BCUT2D eigenvalue weighted by molar-refractivity contribution is 5.76. The lowest BCUT2D eigenvalue weighted by molar-refractivity contribution is 0.111. The molecule has 0 atom stereocenters. The van der Waals surface area contributed by atoms with Gasteiger partial charge in [0.25, 0.3) is 0 Å². The third kappa shape index (κ3) is 2.98. The molecular formula is C15H11FN2O2. The summed E-state index contributed by atoms with van der Waals surface area (Å²) in [5.74, 6) is -0.217. The average Bonchev–Trinajstić information content (AvgIpc) is 2.46. The number of carbonyl (C=O) groups excluding carboxylic acids is 1. The molecule has 0 amide bonds. The Kier molecular flexibility index (Phi) is 4.06. The zero-order valence-electron chi connectivity index (χ0n) is 10.8. The zero-order chi connectivity index (χ0) is 14.5. The number of nitrogens with zero attached hydrogens (tertiary/aromatic N) is 2. The van der Waals surface area contributed by atoms with Crippen molar-refractivity contribution in [1.29, 1.82) is 5.26 Å². The number of pyridine rings is 1. The summed E-state index contributed by atoms with van der Waals surface area (Å²) in [6, 6.07) is 9.32. The fourth-order valence-electron chi connectivity index (χ4n) is 1.66. The van der Waals surface area contributed by atoms with Crippen LogP contribution in [0.2, 0.25) is 0 Å². The van der Waals surface area contributed by atoms with E-state index in [-0.39, 0.29) is 17.9 Å². The molecule has 0 radical (unpaired) electrons. The Labute approximate surface area is 115 Å². The van der Waals surface area contributed by atoms with E-state index in [1.54, 1.807) is 19.1 Å². The molecule has 0 fully saturated rings. The second-order valence-corrected chi connectivity index (χ2v) is 4.16. The van der Waals surface area contributed by atoms with Gasteiger partial charge < -0.3 is 4.74 Å². The second kappa shape index (κ2) is 5.93. The summed E-state index contributed by atoms with van der Waals surface area (Å²) in [4.78, 5) is 14.9. The fourth-order valence-corrected chi connectivity index (χ4v) is 1.66. The van der Waals surface area contributed by atoms with Crippen molar-refractivity contribution in [1.82, 2.24) is 4.98 Å². The van der Waals surface area contributed by atoms with Crippen molar-refractivity contribution in [2.75, 3.05) is 0 Å². The quantitative estimate of drug-likeness (QED) is 0.801. The summed E-state index contributed by atoms with van der Waals surface area (Å²) in [5.41, 5.74) is 1.43. The van der Waals surface area contributed by atoms with E-state index in [1.807, 2.05) is 6.07 Å². The molecule has 20 heavy (non-hydrogen) atoms. The average molecular weight is 270 g/mol. The molecule has 5 heteroatoms. The van der Waals surface area contributed by atoms with E-state index < -0.39 is 5.82 Å². The number of aldehydes is 1. The Balaban J connectivity index is 2.17. The van der Waals surface area contributed by atoms with Crippen molar-refractivity contribution in [2.24, 2.45) is 0 Å². The normalized spacial score (nSPS) is 9.85.